The number of H-pyrrole nitrogens is 1. The average Bonchev–Trinajstić information content (AvgIpc) is 2.71. The van der Waals surface area contributed by atoms with Crippen molar-refractivity contribution < 1.29 is 17.9 Å². The number of hydrogen-bond donors (Lipinski definition) is 2. The largest absolute Gasteiger partial charge is 0.383 e. The molecule has 0 unspecified atom stereocenters. The standard InChI is InChI=1S/C10H18N4O4S/c1-4-14(5-6-18-3)10(15)8-9(19(11,16)17)7(2)12-13-8/h4-6H2,1-3H3,(H,12,13)(H2,11,16,17). The van der Waals surface area contributed by atoms with Gasteiger partial charge in [0.2, 0.25) is 10.0 Å². The zero-order valence-electron chi connectivity index (χ0n) is 11.1. The summed E-state index contributed by atoms with van der Waals surface area (Å²) in [6, 6.07) is 0. The summed E-state index contributed by atoms with van der Waals surface area (Å²) in [6.07, 6.45) is 0. The van der Waals surface area contributed by atoms with E-state index in [0.29, 0.717) is 19.7 Å². The van der Waals surface area contributed by atoms with E-state index in [1.54, 1.807) is 6.92 Å². The Morgan fingerprint density at radius 3 is 2.63 bits per heavy atom. The normalized spacial score (nSPS) is 11.6. The Labute approximate surface area is 112 Å². The highest BCUT2D eigenvalue weighted by atomic mass is 32.2. The van der Waals surface area contributed by atoms with Crippen LogP contribution in [0, 0.1) is 6.92 Å². The van der Waals surface area contributed by atoms with Crippen LogP contribution in [0.1, 0.15) is 23.1 Å². The first kappa shape index (κ1) is 15.6. The molecular weight excluding hydrogens is 272 g/mol. The van der Waals surface area contributed by atoms with Crippen LogP contribution in [0.25, 0.3) is 0 Å². The fourth-order valence-corrected chi connectivity index (χ4v) is 2.54. The molecule has 0 fully saturated rings. The fraction of sp³-hybridized carbons (Fsp3) is 0.600. The van der Waals surface area contributed by atoms with E-state index in [2.05, 4.69) is 10.2 Å². The molecule has 1 aromatic heterocycles. The van der Waals surface area contributed by atoms with Crippen molar-refractivity contribution in [2.75, 3.05) is 26.8 Å². The summed E-state index contributed by atoms with van der Waals surface area (Å²) < 4.78 is 27.9. The number of carbonyl (C=O) groups is 1. The molecule has 0 aliphatic carbocycles. The lowest BCUT2D eigenvalue weighted by Crippen LogP contribution is -2.35. The maximum Gasteiger partial charge on any atom is 0.275 e. The van der Waals surface area contributed by atoms with Crippen LogP contribution >= 0.6 is 0 Å². The summed E-state index contributed by atoms with van der Waals surface area (Å²) >= 11 is 0. The quantitative estimate of drug-likeness (QED) is 0.730. The number of primary sulfonamides is 1. The van der Waals surface area contributed by atoms with Gasteiger partial charge in [0, 0.05) is 20.2 Å². The zero-order chi connectivity index (χ0) is 14.6. The first-order valence-corrected chi connectivity index (χ1v) is 7.23. The second kappa shape index (κ2) is 6.13. The maximum atomic E-state index is 12.2. The van der Waals surface area contributed by atoms with Crippen molar-refractivity contribution in [3.05, 3.63) is 11.4 Å². The third-order valence-electron chi connectivity index (χ3n) is 2.61. The number of nitrogens with two attached hydrogens (primary N) is 1. The molecule has 0 aliphatic rings. The maximum absolute atomic E-state index is 12.2. The Balaban J connectivity index is 3.13. The Morgan fingerprint density at radius 2 is 2.16 bits per heavy atom. The second-order valence-corrected chi connectivity index (χ2v) is 5.45. The molecule has 1 amide bonds. The van der Waals surface area contributed by atoms with E-state index in [4.69, 9.17) is 9.88 Å². The number of nitrogens with zero attached hydrogens (tertiary/aromatic N) is 2. The molecule has 19 heavy (non-hydrogen) atoms. The molecule has 9 heteroatoms. The Bertz CT molecular complexity index is 552. The summed E-state index contributed by atoms with van der Waals surface area (Å²) in [7, 11) is -2.48. The number of nitrogens with one attached hydrogen (secondary N) is 1. The van der Waals surface area contributed by atoms with Gasteiger partial charge < -0.3 is 9.64 Å². The molecule has 0 saturated carbocycles. The van der Waals surface area contributed by atoms with Crippen LogP contribution in [0.15, 0.2) is 4.90 Å². The number of hydrogen-bond acceptors (Lipinski definition) is 5. The first-order valence-electron chi connectivity index (χ1n) is 5.68. The van der Waals surface area contributed by atoms with Crippen LogP contribution in [0.2, 0.25) is 0 Å². The molecule has 1 heterocycles. The Morgan fingerprint density at radius 1 is 1.53 bits per heavy atom. The number of sulfonamides is 1. The SMILES string of the molecule is CCN(CCOC)C(=O)c1n[nH]c(C)c1S(N)(=O)=O. The molecule has 0 radical (unpaired) electrons. The highest BCUT2D eigenvalue weighted by Gasteiger charge is 2.28. The van der Waals surface area contributed by atoms with Gasteiger partial charge >= 0.3 is 0 Å². The van der Waals surface area contributed by atoms with E-state index in [1.807, 2.05) is 0 Å². The molecular formula is C10H18N4O4S. The van der Waals surface area contributed by atoms with Crippen LogP contribution in [-0.2, 0) is 14.8 Å². The highest BCUT2D eigenvalue weighted by molar-refractivity contribution is 7.89. The van der Waals surface area contributed by atoms with E-state index in [0.717, 1.165) is 0 Å². The molecule has 1 aromatic rings. The van der Waals surface area contributed by atoms with E-state index >= 15 is 0 Å². The van der Waals surface area contributed by atoms with Crippen LogP contribution in [0.3, 0.4) is 0 Å². The predicted octanol–water partition coefficient (Wildman–Crippen LogP) is -0.526. The number of carbonyl (C=O) groups excluding carboxylic acids is 1. The molecule has 8 nitrogen and oxygen atoms in total. The van der Waals surface area contributed by atoms with Crippen LogP contribution in [-0.4, -0.2) is 56.2 Å². The van der Waals surface area contributed by atoms with Crippen molar-refractivity contribution in [1.82, 2.24) is 15.1 Å². The van der Waals surface area contributed by atoms with Gasteiger partial charge in [-0.2, -0.15) is 5.10 Å². The minimum absolute atomic E-state index is 0.182. The van der Waals surface area contributed by atoms with Gasteiger partial charge in [-0.1, -0.05) is 0 Å². The summed E-state index contributed by atoms with van der Waals surface area (Å²) in [4.78, 5) is 13.4. The number of likely N-dealkylation sites (N-methyl/N-ethyl adjacent to an activating group) is 1. The van der Waals surface area contributed by atoms with Crippen LogP contribution in [0.5, 0.6) is 0 Å². The number of aryl methyl sites for hydroxylation is 1. The van der Waals surface area contributed by atoms with Gasteiger partial charge in [0.05, 0.1) is 12.3 Å². The molecule has 0 atom stereocenters. The summed E-state index contributed by atoms with van der Waals surface area (Å²) in [6.45, 7) is 4.40. The van der Waals surface area contributed by atoms with Gasteiger partial charge in [0.1, 0.15) is 4.90 Å². The lowest BCUT2D eigenvalue weighted by Gasteiger charge is -2.19. The van der Waals surface area contributed by atoms with Crippen molar-refractivity contribution in [1.29, 1.82) is 0 Å². The average molecular weight is 290 g/mol. The van der Waals surface area contributed by atoms with Crippen LogP contribution in [0.4, 0.5) is 0 Å². The van der Waals surface area contributed by atoms with Crippen molar-refractivity contribution >= 4 is 15.9 Å². The van der Waals surface area contributed by atoms with E-state index in [9.17, 15) is 13.2 Å². The lowest BCUT2D eigenvalue weighted by atomic mass is 10.3. The van der Waals surface area contributed by atoms with Crippen molar-refractivity contribution in [3.63, 3.8) is 0 Å². The molecule has 0 bridgehead atoms. The Hall–Kier alpha value is -1.45. The van der Waals surface area contributed by atoms with Gasteiger partial charge in [-0.05, 0) is 13.8 Å². The van der Waals surface area contributed by atoms with E-state index in [-0.39, 0.29) is 16.3 Å². The number of rotatable bonds is 6. The van der Waals surface area contributed by atoms with Gasteiger partial charge in [-0.3, -0.25) is 9.89 Å². The van der Waals surface area contributed by atoms with Gasteiger partial charge in [-0.25, -0.2) is 13.6 Å². The first-order chi connectivity index (χ1) is 8.82. The molecule has 0 saturated heterocycles. The lowest BCUT2D eigenvalue weighted by molar-refractivity contribution is 0.0697. The topological polar surface area (TPSA) is 118 Å². The molecule has 0 aromatic carbocycles. The monoisotopic (exact) mass is 290 g/mol. The minimum Gasteiger partial charge on any atom is -0.383 e. The van der Waals surface area contributed by atoms with Crippen LogP contribution < -0.4 is 5.14 Å². The molecule has 3 N–H and O–H groups in total. The summed E-state index contributed by atoms with van der Waals surface area (Å²) in [5.74, 6) is -0.493. The molecule has 0 spiro atoms. The molecule has 1 rings (SSSR count). The van der Waals surface area contributed by atoms with Gasteiger partial charge in [0.25, 0.3) is 5.91 Å². The van der Waals surface area contributed by atoms with Gasteiger partial charge in [0.15, 0.2) is 5.69 Å². The smallest absolute Gasteiger partial charge is 0.275 e. The van der Waals surface area contributed by atoms with Gasteiger partial charge in [-0.15, -0.1) is 0 Å². The predicted molar refractivity (Wildman–Crippen MR) is 68.2 cm³/mol. The number of ether oxygens (including phenoxy) is 1. The molecule has 108 valence electrons. The number of aromatic nitrogens is 2. The second-order valence-electron chi connectivity index (χ2n) is 3.95. The zero-order valence-corrected chi connectivity index (χ0v) is 12.0. The van der Waals surface area contributed by atoms with E-state index in [1.165, 1.54) is 18.9 Å². The number of methoxy groups -OCH3 is 1. The van der Waals surface area contributed by atoms with E-state index < -0.39 is 15.9 Å². The summed E-state index contributed by atoms with van der Waals surface area (Å²) in [5.41, 5.74) is 0.0617. The highest BCUT2D eigenvalue weighted by Crippen LogP contribution is 2.17. The number of amides is 1. The summed E-state index contributed by atoms with van der Waals surface area (Å²) in [5, 5.41) is 11.3. The van der Waals surface area contributed by atoms with Crippen molar-refractivity contribution in [2.24, 2.45) is 5.14 Å². The third kappa shape index (κ3) is 3.52. The fourth-order valence-electron chi connectivity index (χ4n) is 1.67. The minimum atomic E-state index is -4.00. The van der Waals surface area contributed by atoms with Crippen molar-refractivity contribution in [3.8, 4) is 0 Å². The molecule has 0 aliphatic heterocycles. The number of aromatic amines is 1. The van der Waals surface area contributed by atoms with Crippen molar-refractivity contribution in [2.45, 2.75) is 18.7 Å². The third-order valence-corrected chi connectivity index (χ3v) is 3.68. The Kier molecular flexibility index (Phi) is 5.04.